The highest BCUT2D eigenvalue weighted by molar-refractivity contribution is 6.06. The number of carbonyl (C=O) groups is 1. The number of nitrogens with zero attached hydrogens (tertiary/aromatic N) is 2. The Hall–Kier alpha value is -2.30. The molecule has 0 aliphatic heterocycles. The summed E-state index contributed by atoms with van der Waals surface area (Å²) in [5.74, 6) is -0.283. The highest BCUT2D eigenvalue weighted by Crippen LogP contribution is 2.14. The maximum absolute atomic E-state index is 12.1. The summed E-state index contributed by atoms with van der Waals surface area (Å²) in [5.41, 5.74) is 8.40. The van der Waals surface area contributed by atoms with Gasteiger partial charge < -0.3 is 11.1 Å². The zero-order chi connectivity index (χ0) is 13.8. The molecule has 0 radical (unpaired) electrons. The largest absolute Gasteiger partial charge is 0.396 e. The molecule has 0 fully saturated rings. The van der Waals surface area contributed by atoms with Gasteiger partial charge in [-0.05, 0) is 31.0 Å². The lowest BCUT2D eigenvalue weighted by atomic mass is 10.1. The maximum Gasteiger partial charge on any atom is 0.278 e. The van der Waals surface area contributed by atoms with Gasteiger partial charge in [0.25, 0.3) is 5.91 Å². The zero-order valence-electron chi connectivity index (χ0n) is 11.2. The molecule has 100 valence electrons. The van der Waals surface area contributed by atoms with Crippen LogP contribution >= 0.6 is 0 Å². The Kier molecular flexibility index (Phi) is 3.85. The molecular formula is C14H18N4O. The van der Waals surface area contributed by atoms with Crippen molar-refractivity contribution in [3.63, 3.8) is 0 Å². The van der Waals surface area contributed by atoms with E-state index in [2.05, 4.69) is 17.3 Å². The second kappa shape index (κ2) is 5.56. The molecule has 1 aromatic carbocycles. The predicted molar refractivity (Wildman–Crippen MR) is 76.1 cm³/mol. The summed E-state index contributed by atoms with van der Waals surface area (Å²) < 4.78 is 1.64. The summed E-state index contributed by atoms with van der Waals surface area (Å²) in [5, 5.41) is 6.93. The molecule has 19 heavy (non-hydrogen) atoms. The number of rotatable bonds is 4. The highest BCUT2D eigenvalue weighted by atomic mass is 16.2. The minimum Gasteiger partial charge on any atom is -0.396 e. The van der Waals surface area contributed by atoms with Crippen LogP contribution in [-0.4, -0.2) is 15.7 Å². The Morgan fingerprint density at radius 2 is 2.00 bits per heavy atom. The van der Waals surface area contributed by atoms with Crippen LogP contribution in [0.3, 0.4) is 0 Å². The van der Waals surface area contributed by atoms with Gasteiger partial charge in [-0.3, -0.25) is 9.48 Å². The van der Waals surface area contributed by atoms with Gasteiger partial charge in [0, 0.05) is 18.4 Å². The molecule has 0 aliphatic carbocycles. The van der Waals surface area contributed by atoms with Crippen molar-refractivity contribution in [3.05, 3.63) is 41.7 Å². The van der Waals surface area contributed by atoms with Crippen molar-refractivity contribution in [2.45, 2.75) is 26.8 Å². The number of benzene rings is 1. The average molecular weight is 258 g/mol. The quantitative estimate of drug-likeness (QED) is 0.883. The second-order valence-corrected chi connectivity index (χ2v) is 4.29. The van der Waals surface area contributed by atoms with Gasteiger partial charge in [-0.1, -0.05) is 19.1 Å². The number of nitrogens with one attached hydrogen (secondary N) is 1. The molecule has 1 heterocycles. The number of hydrogen-bond donors (Lipinski definition) is 2. The van der Waals surface area contributed by atoms with Crippen molar-refractivity contribution in [3.8, 4) is 0 Å². The van der Waals surface area contributed by atoms with E-state index in [1.54, 1.807) is 10.9 Å². The number of nitrogen functional groups attached to an aromatic ring is 1. The Morgan fingerprint density at radius 1 is 1.32 bits per heavy atom. The molecule has 1 aromatic heterocycles. The van der Waals surface area contributed by atoms with Gasteiger partial charge in [-0.15, -0.1) is 0 Å². The number of hydrogen-bond acceptors (Lipinski definition) is 3. The van der Waals surface area contributed by atoms with Gasteiger partial charge in [-0.25, -0.2) is 0 Å². The van der Waals surface area contributed by atoms with Crippen LogP contribution in [0.15, 0.2) is 30.5 Å². The Bertz CT molecular complexity index is 572. The third-order valence-corrected chi connectivity index (χ3v) is 2.95. The number of nitrogens with two attached hydrogens (primary N) is 1. The molecular weight excluding hydrogens is 240 g/mol. The fraction of sp³-hybridized carbons (Fsp3) is 0.286. The van der Waals surface area contributed by atoms with E-state index >= 15 is 0 Å². The average Bonchev–Trinajstić information content (AvgIpc) is 2.81. The van der Waals surface area contributed by atoms with Crippen molar-refractivity contribution in [1.29, 1.82) is 0 Å². The lowest BCUT2D eigenvalue weighted by Gasteiger charge is -2.04. The molecule has 5 nitrogen and oxygen atoms in total. The summed E-state index contributed by atoms with van der Waals surface area (Å²) in [6.07, 6.45) is 2.64. The Balaban J connectivity index is 2.13. The molecule has 0 aliphatic rings. The van der Waals surface area contributed by atoms with E-state index in [0.29, 0.717) is 12.2 Å². The van der Waals surface area contributed by atoms with E-state index in [0.717, 1.165) is 12.1 Å². The van der Waals surface area contributed by atoms with Gasteiger partial charge >= 0.3 is 0 Å². The maximum atomic E-state index is 12.1. The van der Waals surface area contributed by atoms with E-state index in [-0.39, 0.29) is 11.6 Å². The van der Waals surface area contributed by atoms with Crippen molar-refractivity contribution in [2.75, 3.05) is 11.1 Å². The number of carbonyl (C=O) groups excluding carboxylic acids is 1. The summed E-state index contributed by atoms with van der Waals surface area (Å²) >= 11 is 0. The minimum atomic E-state index is -0.283. The first-order chi connectivity index (χ1) is 9.13. The molecule has 0 bridgehead atoms. The molecule has 0 atom stereocenters. The predicted octanol–water partition coefficient (Wildman–Crippen LogP) is 2.30. The normalized spacial score (nSPS) is 10.4. The first-order valence-electron chi connectivity index (χ1n) is 6.37. The fourth-order valence-corrected chi connectivity index (χ4v) is 1.79. The van der Waals surface area contributed by atoms with Gasteiger partial charge in [0.1, 0.15) is 0 Å². The van der Waals surface area contributed by atoms with E-state index in [9.17, 15) is 4.79 Å². The highest BCUT2D eigenvalue weighted by Gasteiger charge is 2.14. The fourth-order valence-electron chi connectivity index (χ4n) is 1.79. The summed E-state index contributed by atoms with van der Waals surface area (Å²) in [4.78, 5) is 12.1. The third kappa shape index (κ3) is 2.93. The van der Waals surface area contributed by atoms with Crippen LogP contribution in [0.5, 0.6) is 0 Å². The first kappa shape index (κ1) is 13.1. The summed E-state index contributed by atoms with van der Waals surface area (Å²) in [7, 11) is 0. The molecule has 2 rings (SSSR count). The van der Waals surface area contributed by atoms with Gasteiger partial charge in [-0.2, -0.15) is 5.10 Å². The molecule has 0 spiro atoms. The van der Waals surface area contributed by atoms with Crippen LogP contribution in [0.2, 0.25) is 0 Å². The number of aryl methyl sites for hydroxylation is 2. The Morgan fingerprint density at radius 3 is 2.53 bits per heavy atom. The first-order valence-corrected chi connectivity index (χ1v) is 6.37. The van der Waals surface area contributed by atoms with E-state index in [1.165, 1.54) is 5.56 Å². The zero-order valence-corrected chi connectivity index (χ0v) is 11.2. The molecule has 3 N–H and O–H groups in total. The molecule has 1 amide bonds. The van der Waals surface area contributed by atoms with Gasteiger partial charge in [0.05, 0.1) is 5.69 Å². The molecule has 0 unspecified atom stereocenters. The monoisotopic (exact) mass is 258 g/mol. The van der Waals surface area contributed by atoms with Crippen LogP contribution in [0.1, 0.15) is 29.9 Å². The van der Waals surface area contributed by atoms with Crippen LogP contribution in [0, 0.1) is 0 Å². The summed E-state index contributed by atoms with van der Waals surface area (Å²) in [6.45, 7) is 4.71. The molecule has 0 saturated carbocycles. The number of anilines is 2. The standard InChI is InChI=1S/C14H18N4O/c1-3-10-5-7-11(8-6-10)16-14(19)13-12(15)9-18(4-2)17-13/h5-9H,3-4,15H2,1-2H3,(H,16,19). The van der Waals surface area contributed by atoms with Crippen LogP contribution < -0.4 is 11.1 Å². The smallest absolute Gasteiger partial charge is 0.278 e. The Labute approximate surface area is 112 Å². The van der Waals surface area contributed by atoms with Crippen molar-refractivity contribution >= 4 is 17.3 Å². The number of amides is 1. The minimum absolute atomic E-state index is 0.265. The van der Waals surface area contributed by atoms with Gasteiger partial charge in [0.15, 0.2) is 5.69 Å². The van der Waals surface area contributed by atoms with E-state index in [1.807, 2.05) is 31.2 Å². The van der Waals surface area contributed by atoms with Gasteiger partial charge in [0.2, 0.25) is 0 Å². The third-order valence-electron chi connectivity index (χ3n) is 2.95. The molecule has 5 heteroatoms. The molecule has 2 aromatic rings. The van der Waals surface area contributed by atoms with Crippen molar-refractivity contribution < 1.29 is 4.79 Å². The van der Waals surface area contributed by atoms with E-state index in [4.69, 9.17) is 5.73 Å². The number of aromatic nitrogens is 2. The SMILES string of the molecule is CCc1ccc(NC(=O)c2nn(CC)cc2N)cc1. The van der Waals surface area contributed by atoms with Crippen LogP contribution in [0.25, 0.3) is 0 Å². The lowest BCUT2D eigenvalue weighted by molar-refractivity contribution is 0.102. The van der Waals surface area contributed by atoms with Crippen LogP contribution in [0.4, 0.5) is 11.4 Å². The van der Waals surface area contributed by atoms with Crippen LogP contribution in [-0.2, 0) is 13.0 Å². The molecule has 0 saturated heterocycles. The topological polar surface area (TPSA) is 72.9 Å². The second-order valence-electron chi connectivity index (χ2n) is 4.29. The van der Waals surface area contributed by atoms with Crippen molar-refractivity contribution in [2.24, 2.45) is 0 Å². The lowest BCUT2D eigenvalue weighted by Crippen LogP contribution is -2.14. The van der Waals surface area contributed by atoms with E-state index < -0.39 is 0 Å². The van der Waals surface area contributed by atoms with Crippen molar-refractivity contribution in [1.82, 2.24) is 9.78 Å². The summed E-state index contributed by atoms with van der Waals surface area (Å²) in [6, 6.07) is 7.74.